The highest BCUT2D eigenvalue weighted by atomic mass is 32.2. The van der Waals surface area contributed by atoms with Crippen LogP contribution in [0.25, 0.3) is 0 Å². The number of aromatic nitrogens is 2. The normalized spacial score (nSPS) is 15.9. The molecule has 94 valence electrons. The van der Waals surface area contributed by atoms with Crippen molar-refractivity contribution in [3.63, 3.8) is 0 Å². The Morgan fingerprint density at radius 3 is 3.00 bits per heavy atom. The second-order valence-electron chi connectivity index (χ2n) is 3.46. The summed E-state index contributed by atoms with van der Waals surface area (Å²) in [4.78, 5) is 13.1. The Morgan fingerprint density at radius 1 is 1.65 bits per heavy atom. The van der Waals surface area contributed by atoms with Crippen LogP contribution < -0.4 is 15.5 Å². The van der Waals surface area contributed by atoms with Crippen LogP contribution in [0.5, 0.6) is 0 Å². The SMILES string of the molecule is CCOC(=O)c1c(N)on[n+]1N1CCSCC1. The molecule has 17 heavy (non-hydrogen) atoms. The van der Waals surface area contributed by atoms with Gasteiger partial charge in [0.25, 0.3) is 0 Å². The van der Waals surface area contributed by atoms with Crippen LogP contribution in [-0.4, -0.2) is 42.4 Å². The minimum Gasteiger partial charge on any atom is -0.458 e. The number of nitrogen functional groups attached to an aromatic ring is 1. The monoisotopic (exact) mass is 259 g/mol. The third-order valence-corrected chi connectivity index (χ3v) is 3.32. The quantitative estimate of drug-likeness (QED) is 0.573. The van der Waals surface area contributed by atoms with Crippen LogP contribution in [-0.2, 0) is 4.74 Å². The molecule has 0 spiro atoms. The maximum absolute atomic E-state index is 11.7. The molecule has 2 N–H and O–H groups in total. The second kappa shape index (κ2) is 5.26. The van der Waals surface area contributed by atoms with E-state index in [4.69, 9.17) is 15.0 Å². The lowest BCUT2D eigenvalue weighted by molar-refractivity contribution is -0.759. The van der Waals surface area contributed by atoms with E-state index >= 15 is 0 Å². The van der Waals surface area contributed by atoms with Crippen molar-refractivity contribution in [3.8, 4) is 0 Å². The number of esters is 1. The highest BCUT2D eigenvalue weighted by Gasteiger charge is 2.36. The van der Waals surface area contributed by atoms with Gasteiger partial charge in [-0.25, -0.2) is 4.79 Å². The summed E-state index contributed by atoms with van der Waals surface area (Å²) in [6.07, 6.45) is 0. The largest absolute Gasteiger partial charge is 0.458 e. The number of ether oxygens (including phenoxy) is 1. The molecule has 1 fully saturated rings. The predicted octanol–water partition coefficient (Wildman–Crippen LogP) is -0.594. The number of carbonyl (C=O) groups is 1. The molecule has 2 heterocycles. The molecule has 7 nitrogen and oxygen atoms in total. The second-order valence-corrected chi connectivity index (χ2v) is 4.69. The fourth-order valence-electron chi connectivity index (χ4n) is 1.58. The van der Waals surface area contributed by atoms with Gasteiger partial charge in [-0.1, -0.05) is 0 Å². The zero-order chi connectivity index (χ0) is 12.3. The molecule has 0 aromatic carbocycles. The molecular formula is C9H15N4O3S+. The zero-order valence-corrected chi connectivity index (χ0v) is 10.4. The van der Waals surface area contributed by atoms with Crippen molar-refractivity contribution in [2.24, 2.45) is 0 Å². The van der Waals surface area contributed by atoms with Gasteiger partial charge in [-0.3, -0.25) is 4.52 Å². The van der Waals surface area contributed by atoms with Crippen LogP contribution in [0.4, 0.5) is 5.88 Å². The van der Waals surface area contributed by atoms with Gasteiger partial charge in [-0.05, 0) is 6.92 Å². The third kappa shape index (κ3) is 2.46. The lowest BCUT2D eigenvalue weighted by atomic mass is 10.4. The summed E-state index contributed by atoms with van der Waals surface area (Å²) in [5, 5.41) is 5.69. The van der Waals surface area contributed by atoms with E-state index in [1.165, 1.54) is 4.79 Å². The van der Waals surface area contributed by atoms with Gasteiger partial charge in [-0.15, -0.1) is 0 Å². The van der Waals surface area contributed by atoms with Crippen molar-refractivity contribution in [2.45, 2.75) is 6.92 Å². The molecule has 0 unspecified atom stereocenters. The first-order valence-electron chi connectivity index (χ1n) is 5.41. The minimum atomic E-state index is -0.510. The molecule has 1 saturated heterocycles. The predicted molar refractivity (Wildman–Crippen MR) is 62.3 cm³/mol. The molecule has 1 aliphatic rings. The molecule has 0 aliphatic carbocycles. The molecular weight excluding hydrogens is 244 g/mol. The number of nitrogens with two attached hydrogens (primary N) is 1. The van der Waals surface area contributed by atoms with Crippen molar-refractivity contribution >= 4 is 23.6 Å². The molecule has 0 radical (unpaired) electrons. The fourth-order valence-corrected chi connectivity index (χ4v) is 2.47. The average molecular weight is 259 g/mol. The Kier molecular flexibility index (Phi) is 3.72. The summed E-state index contributed by atoms with van der Waals surface area (Å²) in [7, 11) is 0. The van der Waals surface area contributed by atoms with E-state index < -0.39 is 5.97 Å². The van der Waals surface area contributed by atoms with Crippen LogP contribution in [0.2, 0.25) is 0 Å². The minimum absolute atomic E-state index is 0.0123. The average Bonchev–Trinajstić information content (AvgIpc) is 2.73. The van der Waals surface area contributed by atoms with Crippen LogP contribution >= 0.6 is 11.8 Å². The maximum atomic E-state index is 11.7. The van der Waals surface area contributed by atoms with Crippen molar-refractivity contribution < 1.29 is 18.8 Å². The van der Waals surface area contributed by atoms with Crippen LogP contribution in [0.1, 0.15) is 17.4 Å². The molecule has 1 aliphatic heterocycles. The molecule has 0 saturated carbocycles. The number of thioether (sulfide) groups is 1. The summed E-state index contributed by atoms with van der Waals surface area (Å²) in [5.74, 6) is 1.45. The van der Waals surface area contributed by atoms with Crippen molar-refractivity contribution in [3.05, 3.63) is 5.69 Å². The van der Waals surface area contributed by atoms with Gasteiger partial charge in [0.15, 0.2) is 0 Å². The van der Waals surface area contributed by atoms with E-state index in [1.807, 2.05) is 16.8 Å². The summed E-state index contributed by atoms with van der Waals surface area (Å²) in [6.45, 7) is 3.63. The fraction of sp³-hybridized carbons (Fsp3) is 0.667. The van der Waals surface area contributed by atoms with Crippen molar-refractivity contribution in [2.75, 3.05) is 41.9 Å². The van der Waals surface area contributed by atoms with E-state index in [-0.39, 0.29) is 11.6 Å². The Bertz CT molecular complexity index is 403. The Morgan fingerprint density at radius 2 is 2.35 bits per heavy atom. The van der Waals surface area contributed by atoms with Gasteiger partial charge < -0.3 is 10.5 Å². The summed E-state index contributed by atoms with van der Waals surface area (Å²) >= 11 is 1.86. The maximum Gasteiger partial charge on any atom is 0.415 e. The highest BCUT2D eigenvalue weighted by Crippen LogP contribution is 2.10. The topological polar surface area (TPSA) is 85.5 Å². The third-order valence-electron chi connectivity index (χ3n) is 2.37. The van der Waals surface area contributed by atoms with Crippen molar-refractivity contribution in [1.82, 2.24) is 5.27 Å². The van der Waals surface area contributed by atoms with Crippen LogP contribution in [0, 0.1) is 0 Å². The molecule has 0 bridgehead atoms. The highest BCUT2D eigenvalue weighted by molar-refractivity contribution is 7.99. The summed E-state index contributed by atoms with van der Waals surface area (Å²) < 4.78 is 9.78. The number of hydrogen-bond acceptors (Lipinski definition) is 7. The first-order chi connectivity index (χ1) is 8.24. The van der Waals surface area contributed by atoms with Gasteiger partial charge in [0.2, 0.25) is 5.27 Å². The molecule has 0 amide bonds. The number of rotatable bonds is 3. The molecule has 0 atom stereocenters. The van der Waals surface area contributed by atoms with Crippen LogP contribution in [0.3, 0.4) is 0 Å². The van der Waals surface area contributed by atoms with Gasteiger partial charge in [0.05, 0.1) is 24.5 Å². The number of nitrogens with zero attached hydrogens (tertiary/aromatic N) is 3. The zero-order valence-electron chi connectivity index (χ0n) is 9.59. The Labute approximate surface area is 103 Å². The number of carbonyl (C=O) groups excluding carboxylic acids is 1. The Balaban J connectivity index is 2.24. The lowest BCUT2D eigenvalue weighted by Gasteiger charge is -2.18. The summed E-state index contributed by atoms with van der Waals surface area (Å²) in [5.41, 5.74) is 5.76. The Hall–Kier alpha value is -1.44. The lowest BCUT2D eigenvalue weighted by Crippen LogP contribution is -2.64. The van der Waals surface area contributed by atoms with E-state index in [9.17, 15) is 4.79 Å². The molecule has 2 rings (SSSR count). The van der Waals surface area contributed by atoms with Gasteiger partial charge >= 0.3 is 17.5 Å². The van der Waals surface area contributed by atoms with Crippen LogP contribution in [0.15, 0.2) is 4.52 Å². The van der Waals surface area contributed by atoms with Gasteiger partial charge in [0, 0.05) is 11.5 Å². The van der Waals surface area contributed by atoms with E-state index in [0.29, 0.717) is 6.61 Å². The van der Waals surface area contributed by atoms with E-state index in [1.54, 1.807) is 6.92 Å². The number of hydrogen-bond donors (Lipinski definition) is 1. The summed E-state index contributed by atoms with van der Waals surface area (Å²) in [6, 6.07) is 0. The smallest absolute Gasteiger partial charge is 0.415 e. The first-order valence-corrected chi connectivity index (χ1v) is 6.57. The molecule has 1 aromatic heterocycles. The number of anilines is 1. The first kappa shape index (κ1) is 12.0. The van der Waals surface area contributed by atoms with E-state index in [2.05, 4.69) is 5.27 Å². The van der Waals surface area contributed by atoms with Gasteiger partial charge in [-0.2, -0.15) is 16.8 Å². The van der Waals surface area contributed by atoms with E-state index in [0.717, 1.165) is 24.6 Å². The van der Waals surface area contributed by atoms with Gasteiger partial charge in [0.1, 0.15) is 0 Å². The molecule has 8 heteroatoms. The standard InChI is InChI=1S/C9H14N4O3S/c1-2-15-9(14)7-8(10)16-11-13(7)12-3-5-17-6-4-12/h2-6H2,1H3,(H-,10,11,14)/p+1. The molecule has 1 aromatic rings. The van der Waals surface area contributed by atoms with Crippen molar-refractivity contribution in [1.29, 1.82) is 0 Å².